The number of carboxylic acids is 1. The summed E-state index contributed by atoms with van der Waals surface area (Å²) in [6.07, 6.45) is 3.24. The first-order chi connectivity index (χ1) is 5.99. The maximum Gasteiger partial charge on any atom is 0.323 e. The molecule has 0 aromatic rings. The summed E-state index contributed by atoms with van der Waals surface area (Å²) >= 11 is 0. The van der Waals surface area contributed by atoms with Crippen molar-refractivity contribution in [2.24, 2.45) is 11.7 Å². The third-order valence-electron chi connectivity index (χ3n) is 2.66. The van der Waals surface area contributed by atoms with E-state index in [0.29, 0.717) is 6.42 Å². The van der Waals surface area contributed by atoms with Gasteiger partial charge in [0.25, 0.3) is 0 Å². The number of hydrogen-bond donors (Lipinski definition) is 2. The number of rotatable bonds is 6. The first-order valence-corrected chi connectivity index (χ1v) is 5.01. The molecule has 0 spiro atoms. The molecule has 0 aromatic heterocycles. The Morgan fingerprint density at radius 2 is 2.00 bits per heavy atom. The average Bonchev–Trinajstić information content (AvgIpc) is 2.04. The predicted octanol–water partition coefficient (Wildman–Crippen LogP) is 2.00. The van der Waals surface area contributed by atoms with Crippen LogP contribution in [0.5, 0.6) is 0 Å². The van der Waals surface area contributed by atoms with Gasteiger partial charge in [-0.15, -0.1) is 0 Å². The van der Waals surface area contributed by atoms with Crippen molar-refractivity contribution in [1.82, 2.24) is 0 Å². The van der Waals surface area contributed by atoms with Gasteiger partial charge >= 0.3 is 5.97 Å². The largest absolute Gasteiger partial charge is 0.480 e. The fourth-order valence-corrected chi connectivity index (χ4v) is 1.67. The highest BCUT2D eigenvalue weighted by molar-refractivity contribution is 5.78. The van der Waals surface area contributed by atoms with Crippen LogP contribution in [0.2, 0.25) is 0 Å². The molecule has 0 aliphatic carbocycles. The Hall–Kier alpha value is -0.570. The highest BCUT2D eigenvalue weighted by Crippen LogP contribution is 2.24. The van der Waals surface area contributed by atoms with Gasteiger partial charge in [0, 0.05) is 0 Å². The molecule has 13 heavy (non-hydrogen) atoms. The standard InChI is InChI=1S/C10H21NO2/c1-4-6-8(3)10(11,7-5-2)9(12)13/h8H,4-7,11H2,1-3H3,(H,12,13). The number of carbonyl (C=O) groups is 1. The van der Waals surface area contributed by atoms with Crippen LogP contribution in [0, 0.1) is 5.92 Å². The molecule has 2 unspecified atom stereocenters. The van der Waals surface area contributed by atoms with Crippen molar-refractivity contribution in [2.75, 3.05) is 0 Å². The second-order valence-electron chi connectivity index (χ2n) is 3.79. The molecule has 0 saturated heterocycles. The molecule has 0 rings (SSSR count). The molecule has 3 N–H and O–H groups in total. The lowest BCUT2D eigenvalue weighted by molar-refractivity contribution is -0.145. The summed E-state index contributed by atoms with van der Waals surface area (Å²) in [6, 6.07) is 0. The van der Waals surface area contributed by atoms with Crippen molar-refractivity contribution in [1.29, 1.82) is 0 Å². The van der Waals surface area contributed by atoms with E-state index >= 15 is 0 Å². The molecule has 2 atom stereocenters. The van der Waals surface area contributed by atoms with E-state index < -0.39 is 11.5 Å². The van der Waals surface area contributed by atoms with Crippen molar-refractivity contribution in [3.05, 3.63) is 0 Å². The monoisotopic (exact) mass is 187 g/mol. The summed E-state index contributed by atoms with van der Waals surface area (Å²) in [7, 11) is 0. The smallest absolute Gasteiger partial charge is 0.323 e. The summed E-state index contributed by atoms with van der Waals surface area (Å²) in [5, 5.41) is 9.04. The minimum absolute atomic E-state index is 0.0509. The molecule has 0 aliphatic heterocycles. The summed E-state index contributed by atoms with van der Waals surface area (Å²) in [4.78, 5) is 11.0. The van der Waals surface area contributed by atoms with E-state index in [1.165, 1.54) is 0 Å². The lowest BCUT2D eigenvalue weighted by Gasteiger charge is -2.30. The Balaban J connectivity index is 4.47. The second kappa shape index (κ2) is 5.22. The molecule has 0 radical (unpaired) electrons. The second-order valence-corrected chi connectivity index (χ2v) is 3.79. The van der Waals surface area contributed by atoms with Crippen LogP contribution in [-0.2, 0) is 4.79 Å². The van der Waals surface area contributed by atoms with Crippen LogP contribution in [0.4, 0.5) is 0 Å². The van der Waals surface area contributed by atoms with Crippen LogP contribution in [0.1, 0.15) is 46.5 Å². The molecule has 0 aliphatic rings. The molecule has 0 saturated carbocycles. The van der Waals surface area contributed by atoms with Gasteiger partial charge in [-0.3, -0.25) is 4.79 Å². The molecule has 0 aromatic carbocycles. The van der Waals surface area contributed by atoms with Crippen LogP contribution < -0.4 is 5.73 Å². The quantitative estimate of drug-likeness (QED) is 0.668. The Labute approximate surface area is 80.3 Å². The SMILES string of the molecule is CCCC(C)C(N)(CCC)C(=O)O. The van der Waals surface area contributed by atoms with Crippen molar-refractivity contribution in [3.63, 3.8) is 0 Å². The third kappa shape index (κ3) is 2.99. The van der Waals surface area contributed by atoms with Gasteiger partial charge in [-0.05, 0) is 18.8 Å². The van der Waals surface area contributed by atoms with Crippen molar-refractivity contribution in [3.8, 4) is 0 Å². The summed E-state index contributed by atoms with van der Waals surface area (Å²) in [6.45, 7) is 5.93. The summed E-state index contributed by atoms with van der Waals surface area (Å²) in [5.74, 6) is -0.815. The van der Waals surface area contributed by atoms with Crippen molar-refractivity contribution >= 4 is 5.97 Å². The normalized spacial score (nSPS) is 17.8. The van der Waals surface area contributed by atoms with Gasteiger partial charge < -0.3 is 10.8 Å². The van der Waals surface area contributed by atoms with E-state index in [0.717, 1.165) is 19.3 Å². The van der Waals surface area contributed by atoms with E-state index in [9.17, 15) is 4.79 Å². The minimum Gasteiger partial charge on any atom is -0.480 e. The lowest BCUT2D eigenvalue weighted by Crippen LogP contribution is -2.53. The molecule has 0 amide bonds. The maximum atomic E-state index is 11.0. The summed E-state index contributed by atoms with van der Waals surface area (Å²) in [5.41, 5.74) is 4.86. The zero-order valence-corrected chi connectivity index (χ0v) is 8.84. The fraction of sp³-hybridized carbons (Fsp3) is 0.900. The highest BCUT2D eigenvalue weighted by Gasteiger charge is 2.38. The molecule has 0 fully saturated rings. The van der Waals surface area contributed by atoms with E-state index in [-0.39, 0.29) is 5.92 Å². The fourth-order valence-electron chi connectivity index (χ4n) is 1.67. The predicted molar refractivity (Wildman–Crippen MR) is 53.5 cm³/mol. The first kappa shape index (κ1) is 12.4. The summed E-state index contributed by atoms with van der Waals surface area (Å²) < 4.78 is 0. The van der Waals surface area contributed by atoms with Crippen LogP contribution in [0.15, 0.2) is 0 Å². The van der Waals surface area contributed by atoms with Gasteiger partial charge in [-0.1, -0.05) is 33.6 Å². The Morgan fingerprint density at radius 1 is 1.46 bits per heavy atom. The number of nitrogens with two attached hydrogens (primary N) is 1. The Morgan fingerprint density at radius 3 is 2.31 bits per heavy atom. The van der Waals surface area contributed by atoms with E-state index in [1.807, 2.05) is 20.8 Å². The molecule has 0 bridgehead atoms. The molecule has 3 heteroatoms. The van der Waals surface area contributed by atoms with Gasteiger partial charge in [0.2, 0.25) is 0 Å². The van der Waals surface area contributed by atoms with Gasteiger partial charge in [-0.2, -0.15) is 0 Å². The van der Waals surface area contributed by atoms with Crippen molar-refractivity contribution < 1.29 is 9.90 Å². The molecule has 3 nitrogen and oxygen atoms in total. The van der Waals surface area contributed by atoms with E-state index in [4.69, 9.17) is 10.8 Å². The third-order valence-corrected chi connectivity index (χ3v) is 2.66. The van der Waals surface area contributed by atoms with E-state index in [1.54, 1.807) is 0 Å². The van der Waals surface area contributed by atoms with Crippen LogP contribution >= 0.6 is 0 Å². The minimum atomic E-state index is -1.02. The average molecular weight is 187 g/mol. The topological polar surface area (TPSA) is 63.3 Å². The van der Waals surface area contributed by atoms with Crippen LogP contribution in [-0.4, -0.2) is 16.6 Å². The van der Waals surface area contributed by atoms with Gasteiger partial charge in [-0.25, -0.2) is 0 Å². The Bertz CT molecular complexity index is 170. The highest BCUT2D eigenvalue weighted by atomic mass is 16.4. The molecular formula is C10H21NO2. The zero-order chi connectivity index (χ0) is 10.5. The van der Waals surface area contributed by atoms with Crippen LogP contribution in [0.25, 0.3) is 0 Å². The van der Waals surface area contributed by atoms with Crippen LogP contribution in [0.3, 0.4) is 0 Å². The van der Waals surface area contributed by atoms with Gasteiger partial charge in [0.15, 0.2) is 0 Å². The van der Waals surface area contributed by atoms with Gasteiger partial charge in [0.05, 0.1) is 0 Å². The van der Waals surface area contributed by atoms with Gasteiger partial charge in [0.1, 0.15) is 5.54 Å². The van der Waals surface area contributed by atoms with E-state index in [2.05, 4.69) is 0 Å². The number of carboxylic acid groups (broad SMARTS) is 1. The Kier molecular flexibility index (Phi) is 4.99. The molecule has 0 heterocycles. The number of aliphatic carboxylic acids is 1. The molecular weight excluding hydrogens is 166 g/mol. The lowest BCUT2D eigenvalue weighted by atomic mass is 9.80. The molecule has 78 valence electrons. The van der Waals surface area contributed by atoms with Crippen molar-refractivity contribution in [2.45, 2.75) is 52.0 Å². The first-order valence-electron chi connectivity index (χ1n) is 5.01. The number of hydrogen-bond acceptors (Lipinski definition) is 2. The zero-order valence-electron chi connectivity index (χ0n) is 8.84. The maximum absolute atomic E-state index is 11.0.